The first-order valence-electron chi connectivity index (χ1n) is 5.56. The Hall–Kier alpha value is -2.49. The fourth-order valence-electron chi connectivity index (χ4n) is 1.65. The third-order valence-corrected chi connectivity index (χ3v) is 2.66. The number of carbonyl (C=O) groups is 1. The third-order valence-electron chi connectivity index (χ3n) is 2.66. The molecule has 1 aromatic heterocycles. The Morgan fingerprint density at radius 3 is 2.74 bits per heavy atom. The van der Waals surface area contributed by atoms with Crippen molar-refractivity contribution in [2.24, 2.45) is 0 Å². The van der Waals surface area contributed by atoms with E-state index >= 15 is 0 Å². The summed E-state index contributed by atoms with van der Waals surface area (Å²) < 4.78 is 4.85. The lowest BCUT2D eigenvalue weighted by Crippen LogP contribution is -2.34. The molecule has 7 heteroatoms. The van der Waals surface area contributed by atoms with E-state index in [2.05, 4.69) is 4.98 Å². The van der Waals surface area contributed by atoms with Crippen molar-refractivity contribution in [3.8, 4) is 6.07 Å². The maximum Gasteiger partial charge on any atom is 0.332 e. The van der Waals surface area contributed by atoms with E-state index in [1.807, 2.05) is 6.07 Å². The van der Waals surface area contributed by atoms with Gasteiger partial charge in [0.25, 0.3) is 5.69 Å². The highest BCUT2D eigenvalue weighted by Gasteiger charge is 2.40. The molecule has 0 bridgehead atoms. The van der Waals surface area contributed by atoms with E-state index in [9.17, 15) is 20.2 Å². The van der Waals surface area contributed by atoms with Gasteiger partial charge in [0.15, 0.2) is 5.41 Å². The molecule has 0 radical (unpaired) electrons. The maximum atomic E-state index is 11.8. The van der Waals surface area contributed by atoms with Crippen LogP contribution in [0, 0.1) is 28.4 Å². The van der Waals surface area contributed by atoms with E-state index in [4.69, 9.17) is 4.74 Å². The van der Waals surface area contributed by atoms with Crippen LogP contribution in [0.4, 0.5) is 5.69 Å². The number of aryl methyl sites for hydroxylation is 1. The molecule has 0 aliphatic heterocycles. The van der Waals surface area contributed by atoms with E-state index in [1.165, 1.54) is 13.0 Å². The lowest BCUT2D eigenvalue weighted by molar-refractivity contribution is -0.385. The lowest BCUT2D eigenvalue weighted by Gasteiger charge is -2.20. The zero-order valence-corrected chi connectivity index (χ0v) is 10.8. The predicted octanol–water partition coefficient (Wildman–Crippen LogP) is 1.64. The van der Waals surface area contributed by atoms with Crippen molar-refractivity contribution in [1.82, 2.24) is 4.98 Å². The van der Waals surface area contributed by atoms with Gasteiger partial charge in [-0.2, -0.15) is 5.26 Å². The second-order valence-electron chi connectivity index (χ2n) is 4.07. The van der Waals surface area contributed by atoms with Gasteiger partial charge in [0.1, 0.15) is 6.20 Å². The number of esters is 1. The molecule has 1 rings (SSSR count). The van der Waals surface area contributed by atoms with Crippen molar-refractivity contribution in [3.63, 3.8) is 0 Å². The number of rotatable bonds is 4. The molecule has 0 saturated heterocycles. The van der Waals surface area contributed by atoms with Crippen molar-refractivity contribution in [1.29, 1.82) is 5.26 Å². The van der Waals surface area contributed by atoms with Crippen LogP contribution in [0.3, 0.4) is 0 Å². The van der Waals surface area contributed by atoms with Gasteiger partial charge in [0.05, 0.1) is 23.3 Å². The molecule has 1 heterocycles. The molecule has 1 atom stereocenters. The number of carbonyl (C=O) groups excluding carboxylic acids is 1. The van der Waals surface area contributed by atoms with Gasteiger partial charge in [0.2, 0.25) is 0 Å². The molecule has 0 fully saturated rings. The zero-order chi connectivity index (χ0) is 14.6. The Kier molecular flexibility index (Phi) is 4.17. The van der Waals surface area contributed by atoms with Crippen LogP contribution >= 0.6 is 0 Å². The molecule has 0 aliphatic carbocycles. The average Bonchev–Trinajstić information content (AvgIpc) is 2.37. The van der Waals surface area contributed by atoms with Crippen LogP contribution in [0.15, 0.2) is 12.3 Å². The molecule has 0 amide bonds. The quantitative estimate of drug-likeness (QED) is 0.464. The molecule has 0 aromatic carbocycles. The van der Waals surface area contributed by atoms with Crippen molar-refractivity contribution in [3.05, 3.63) is 33.6 Å². The van der Waals surface area contributed by atoms with Gasteiger partial charge < -0.3 is 4.74 Å². The predicted molar refractivity (Wildman–Crippen MR) is 65.2 cm³/mol. The topological polar surface area (TPSA) is 106 Å². The van der Waals surface area contributed by atoms with Crippen LogP contribution in [0.1, 0.15) is 25.1 Å². The van der Waals surface area contributed by atoms with E-state index in [1.54, 1.807) is 13.8 Å². The van der Waals surface area contributed by atoms with E-state index in [0.717, 1.165) is 6.20 Å². The molecule has 1 unspecified atom stereocenters. The van der Waals surface area contributed by atoms with Crippen molar-refractivity contribution in [2.45, 2.75) is 26.2 Å². The Bertz CT molecular complexity index is 565. The normalized spacial score (nSPS) is 13.2. The van der Waals surface area contributed by atoms with Gasteiger partial charge in [-0.1, -0.05) is 0 Å². The van der Waals surface area contributed by atoms with Gasteiger partial charge in [-0.15, -0.1) is 0 Å². The number of nitriles is 1. The van der Waals surface area contributed by atoms with Gasteiger partial charge in [-0.25, -0.2) is 4.79 Å². The van der Waals surface area contributed by atoms with Gasteiger partial charge >= 0.3 is 5.97 Å². The summed E-state index contributed by atoms with van der Waals surface area (Å²) in [5.41, 5.74) is -1.20. The molecular formula is C12H13N3O4. The van der Waals surface area contributed by atoms with Crippen LogP contribution in [0.2, 0.25) is 0 Å². The monoisotopic (exact) mass is 263 g/mol. The molecule has 0 aliphatic rings. The summed E-state index contributed by atoms with van der Waals surface area (Å²) in [5.74, 6) is -0.720. The van der Waals surface area contributed by atoms with E-state index in [-0.39, 0.29) is 18.0 Å². The van der Waals surface area contributed by atoms with Crippen LogP contribution in [0.25, 0.3) is 0 Å². The Balaban J connectivity index is 3.31. The summed E-state index contributed by atoms with van der Waals surface area (Å²) in [4.78, 5) is 25.8. The highest BCUT2D eigenvalue weighted by Crippen LogP contribution is 2.27. The fraction of sp³-hybridized carbons (Fsp3) is 0.417. The first-order chi connectivity index (χ1) is 8.86. The minimum atomic E-state index is -1.57. The highest BCUT2D eigenvalue weighted by atomic mass is 16.6. The standard InChI is InChI=1S/C12H13N3O4/c1-4-19-11(16)12(3,7-13)10-8(2)5-9(6-14-10)15(17)18/h5-6H,4H2,1-3H3. The summed E-state index contributed by atoms with van der Waals surface area (Å²) >= 11 is 0. The summed E-state index contributed by atoms with van der Waals surface area (Å²) in [7, 11) is 0. The molecule has 100 valence electrons. The molecule has 0 N–H and O–H groups in total. The number of pyridine rings is 1. The van der Waals surface area contributed by atoms with Crippen LogP contribution in [-0.2, 0) is 14.9 Å². The van der Waals surface area contributed by atoms with Crippen LogP contribution in [-0.4, -0.2) is 22.5 Å². The smallest absolute Gasteiger partial charge is 0.332 e. The second kappa shape index (κ2) is 5.44. The number of hydrogen-bond acceptors (Lipinski definition) is 6. The first-order valence-corrected chi connectivity index (χ1v) is 5.56. The summed E-state index contributed by atoms with van der Waals surface area (Å²) in [6, 6.07) is 3.14. The number of nitro groups is 1. The van der Waals surface area contributed by atoms with Gasteiger partial charge in [0, 0.05) is 6.07 Å². The lowest BCUT2D eigenvalue weighted by atomic mass is 9.85. The number of ether oxygens (including phenoxy) is 1. The number of nitrogens with zero attached hydrogens (tertiary/aromatic N) is 3. The molecule has 19 heavy (non-hydrogen) atoms. The van der Waals surface area contributed by atoms with Crippen molar-refractivity contribution < 1.29 is 14.5 Å². The average molecular weight is 263 g/mol. The Morgan fingerprint density at radius 1 is 1.68 bits per heavy atom. The second-order valence-corrected chi connectivity index (χ2v) is 4.07. The molecule has 1 aromatic rings. The van der Waals surface area contributed by atoms with E-state index < -0.39 is 16.3 Å². The van der Waals surface area contributed by atoms with Crippen molar-refractivity contribution >= 4 is 11.7 Å². The van der Waals surface area contributed by atoms with E-state index in [0.29, 0.717) is 5.56 Å². The summed E-state index contributed by atoms with van der Waals surface area (Å²) in [6.07, 6.45) is 1.02. The SMILES string of the molecule is CCOC(=O)C(C)(C#N)c1ncc([N+](=O)[O-])cc1C. The van der Waals surface area contributed by atoms with Crippen molar-refractivity contribution in [2.75, 3.05) is 6.61 Å². The maximum absolute atomic E-state index is 11.8. The van der Waals surface area contributed by atoms with Gasteiger partial charge in [-0.3, -0.25) is 15.1 Å². The molecule has 7 nitrogen and oxygen atoms in total. The Labute approximate surface area is 110 Å². The first kappa shape index (κ1) is 14.6. The zero-order valence-electron chi connectivity index (χ0n) is 10.8. The fourth-order valence-corrected chi connectivity index (χ4v) is 1.65. The van der Waals surface area contributed by atoms with Crippen LogP contribution < -0.4 is 0 Å². The summed E-state index contributed by atoms with van der Waals surface area (Å²) in [5, 5.41) is 19.8. The summed E-state index contributed by atoms with van der Waals surface area (Å²) in [6.45, 7) is 4.71. The minimum Gasteiger partial charge on any atom is -0.465 e. The largest absolute Gasteiger partial charge is 0.465 e. The Morgan fingerprint density at radius 2 is 2.32 bits per heavy atom. The van der Waals surface area contributed by atoms with Gasteiger partial charge in [-0.05, 0) is 26.3 Å². The molecule has 0 spiro atoms. The van der Waals surface area contributed by atoms with Crippen LogP contribution in [0.5, 0.6) is 0 Å². The minimum absolute atomic E-state index is 0.141. The molecule has 0 saturated carbocycles. The number of hydrogen-bond donors (Lipinski definition) is 0. The highest BCUT2D eigenvalue weighted by molar-refractivity contribution is 5.86. The third kappa shape index (κ3) is 2.68. The number of aromatic nitrogens is 1. The molecular weight excluding hydrogens is 250 g/mol.